The molecule has 3 N–H and O–H groups in total. The lowest BCUT2D eigenvalue weighted by atomic mass is 10.1. The zero-order valence-corrected chi connectivity index (χ0v) is 13.8. The van der Waals surface area contributed by atoms with Crippen LogP contribution in [0.1, 0.15) is 37.6 Å². The first-order valence-electron chi connectivity index (χ1n) is 6.69. The summed E-state index contributed by atoms with van der Waals surface area (Å²) in [4.78, 5) is 23.7. The van der Waals surface area contributed by atoms with Gasteiger partial charge >= 0.3 is 0 Å². The maximum Gasteiger partial charge on any atom is 0.251 e. The monoisotopic (exact) mass is 313 g/mol. The van der Waals surface area contributed by atoms with Crippen molar-refractivity contribution in [3.8, 4) is 0 Å². The van der Waals surface area contributed by atoms with E-state index in [4.69, 9.17) is 0 Å². The Balaban J connectivity index is 0.00000400. The Morgan fingerprint density at radius 2 is 1.86 bits per heavy atom. The number of hydrogen-bond donors (Lipinski definition) is 3. The third-order valence-electron chi connectivity index (χ3n) is 2.50. The van der Waals surface area contributed by atoms with Gasteiger partial charge in [0.15, 0.2) is 0 Å². The van der Waals surface area contributed by atoms with Crippen LogP contribution < -0.4 is 16.0 Å². The fourth-order valence-electron chi connectivity index (χ4n) is 1.61. The third-order valence-corrected chi connectivity index (χ3v) is 2.50. The van der Waals surface area contributed by atoms with Crippen LogP contribution in [0.3, 0.4) is 0 Å². The summed E-state index contributed by atoms with van der Waals surface area (Å²) in [5.74, 6) is -0.225. The van der Waals surface area contributed by atoms with Gasteiger partial charge in [0.1, 0.15) is 0 Å². The van der Waals surface area contributed by atoms with Gasteiger partial charge in [-0.1, -0.05) is 6.07 Å². The summed E-state index contributed by atoms with van der Waals surface area (Å²) in [7, 11) is 1.80. The summed E-state index contributed by atoms with van der Waals surface area (Å²) in [6, 6.07) is 6.93. The SMILES string of the molecule is CNCCC(=O)Nc1cccc(C(=O)NC(C)(C)C)c1.Cl. The summed E-state index contributed by atoms with van der Waals surface area (Å²) in [6.45, 7) is 6.40. The molecule has 0 aliphatic heterocycles. The zero-order valence-electron chi connectivity index (χ0n) is 12.9. The number of carbonyl (C=O) groups is 2. The van der Waals surface area contributed by atoms with Crippen LogP contribution in [-0.4, -0.2) is 30.9 Å². The summed E-state index contributed by atoms with van der Waals surface area (Å²) in [5.41, 5.74) is 0.877. The van der Waals surface area contributed by atoms with E-state index in [1.165, 1.54) is 0 Å². The van der Waals surface area contributed by atoms with Gasteiger partial charge in [0.2, 0.25) is 5.91 Å². The lowest BCUT2D eigenvalue weighted by molar-refractivity contribution is -0.116. The highest BCUT2D eigenvalue weighted by Gasteiger charge is 2.15. The number of anilines is 1. The molecule has 0 radical (unpaired) electrons. The minimum Gasteiger partial charge on any atom is -0.347 e. The van der Waals surface area contributed by atoms with Crippen molar-refractivity contribution in [3.05, 3.63) is 29.8 Å². The van der Waals surface area contributed by atoms with E-state index < -0.39 is 0 Å². The molecule has 0 aromatic heterocycles. The standard InChI is InChI=1S/C15H23N3O2.ClH/c1-15(2,3)18-14(20)11-6-5-7-12(10-11)17-13(19)8-9-16-4;/h5-7,10,16H,8-9H2,1-4H3,(H,17,19)(H,18,20);1H. The molecule has 0 fully saturated rings. The van der Waals surface area contributed by atoms with E-state index >= 15 is 0 Å². The van der Waals surface area contributed by atoms with Crippen molar-refractivity contribution < 1.29 is 9.59 Å². The number of nitrogens with one attached hydrogen (secondary N) is 3. The second kappa shape index (κ2) is 8.64. The van der Waals surface area contributed by atoms with E-state index in [2.05, 4.69) is 16.0 Å². The highest BCUT2D eigenvalue weighted by Crippen LogP contribution is 2.12. The molecule has 5 nitrogen and oxygen atoms in total. The Morgan fingerprint density at radius 3 is 2.43 bits per heavy atom. The van der Waals surface area contributed by atoms with Crippen molar-refractivity contribution in [2.75, 3.05) is 18.9 Å². The predicted molar refractivity (Wildman–Crippen MR) is 88.1 cm³/mol. The molecule has 0 aliphatic carbocycles. The van der Waals surface area contributed by atoms with Gasteiger partial charge in [-0.15, -0.1) is 12.4 Å². The molecule has 0 heterocycles. The molecule has 0 saturated heterocycles. The fourth-order valence-corrected chi connectivity index (χ4v) is 1.61. The molecule has 0 saturated carbocycles. The van der Waals surface area contributed by atoms with E-state index in [9.17, 15) is 9.59 Å². The van der Waals surface area contributed by atoms with Crippen molar-refractivity contribution in [3.63, 3.8) is 0 Å². The van der Waals surface area contributed by atoms with Crippen LogP contribution in [0.5, 0.6) is 0 Å². The molecular weight excluding hydrogens is 290 g/mol. The van der Waals surface area contributed by atoms with Crippen LogP contribution in [0, 0.1) is 0 Å². The van der Waals surface area contributed by atoms with Crippen molar-refractivity contribution in [2.45, 2.75) is 32.7 Å². The second-order valence-corrected chi connectivity index (χ2v) is 5.69. The maximum absolute atomic E-state index is 12.0. The molecule has 1 rings (SSSR count). The molecule has 0 unspecified atom stereocenters. The van der Waals surface area contributed by atoms with Crippen LogP contribution in [0.15, 0.2) is 24.3 Å². The Labute approximate surface area is 132 Å². The van der Waals surface area contributed by atoms with Crippen molar-refractivity contribution in [1.29, 1.82) is 0 Å². The molecule has 1 aromatic carbocycles. The van der Waals surface area contributed by atoms with Crippen LogP contribution in [-0.2, 0) is 4.79 Å². The molecule has 0 bridgehead atoms. The molecule has 2 amide bonds. The van der Waals surface area contributed by atoms with Crippen molar-refractivity contribution in [1.82, 2.24) is 10.6 Å². The third kappa shape index (κ3) is 7.68. The largest absolute Gasteiger partial charge is 0.347 e. The molecule has 118 valence electrons. The first-order valence-corrected chi connectivity index (χ1v) is 6.69. The van der Waals surface area contributed by atoms with Gasteiger partial charge in [-0.05, 0) is 46.0 Å². The number of hydrogen-bond acceptors (Lipinski definition) is 3. The minimum absolute atomic E-state index is 0. The van der Waals surface area contributed by atoms with Gasteiger partial charge < -0.3 is 16.0 Å². The van der Waals surface area contributed by atoms with Gasteiger partial charge in [0.05, 0.1) is 0 Å². The highest BCUT2D eigenvalue weighted by atomic mass is 35.5. The van der Waals surface area contributed by atoms with Crippen LogP contribution in [0.4, 0.5) is 5.69 Å². The number of carbonyl (C=O) groups excluding carboxylic acids is 2. The smallest absolute Gasteiger partial charge is 0.251 e. The summed E-state index contributed by atoms with van der Waals surface area (Å²) in [5, 5.41) is 8.58. The number of amides is 2. The Kier molecular flexibility index (Phi) is 7.99. The minimum atomic E-state index is -0.289. The zero-order chi connectivity index (χ0) is 15.2. The first kappa shape index (κ1) is 19.4. The Hall–Kier alpha value is -1.59. The maximum atomic E-state index is 12.0. The van der Waals surface area contributed by atoms with E-state index in [1.54, 1.807) is 31.3 Å². The van der Waals surface area contributed by atoms with Gasteiger partial charge in [-0.3, -0.25) is 9.59 Å². The topological polar surface area (TPSA) is 70.2 Å². The lowest BCUT2D eigenvalue weighted by Crippen LogP contribution is -2.40. The van der Waals surface area contributed by atoms with Crippen LogP contribution >= 0.6 is 12.4 Å². The summed E-state index contributed by atoms with van der Waals surface area (Å²) < 4.78 is 0. The van der Waals surface area contributed by atoms with E-state index in [1.807, 2.05) is 20.8 Å². The van der Waals surface area contributed by atoms with Crippen LogP contribution in [0.25, 0.3) is 0 Å². The lowest BCUT2D eigenvalue weighted by Gasteiger charge is -2.20. The molecule has 6 heteroatoms. The number of halogens is 1. The quantitative estimate of drug-likeness (QED) is 0.780. The molecule has 0 aliphatic rings. The molecule has 21 heavy (non-hydrogen) atoms. The fraction of sp³-hybridized carbons (Fsp3) is 0.467. The van der Waals surface area contributed by atoms with Gasteiger partial charge in [-0.25, -0.2) is 0 Å². The van der Waals surface area contributed by atoms with E-state index in [-0.39, 0.29) is 29.8 Å². The number of benzene rings is 1. The Bertz CT molecular complexity index is 484. The van der Waals surface area contributed by atoms with Gasteiger partial charge in [-0.2, -0.15) is 0 Å². The molecule has 0 spiro atoms. The Morgan fingerprint density at radius 1 is 1.19 bits per heavy atom. The predicted octanol–water partition coefficient (Wildman–Crippen LogP) is 2.18. The average molecular weight is 314 g/mol. The van der Waals surface area contributed by atoms with E-state index in [0.29, 0.717) is 24.2 Å². The van der Waals surface area contributed by atoms with Gasteiger partial charge in [0, 0.05) is 29.8 Å². The number of rotatable bonds is 5. The normalized spacial score (nSPS) is 10.5. The summed E-state index contributed by atoms with van der Waals surface area (Å²) in [6.07, 6.45) is 0.398. The molecule has 1 aromatic rings. The summed E-state index contributed by atoms with van der Waals surface area (Å²) >= 11 is 0. The second-order valence-electron chi connectivity index (χ2n) is 5.69. The van der Waals surface area contributed by atoms with Crippen molar-refractivity contribution >= 4 is 29.9 Å². The first-order chi connectivity index (χ1) is 9.31. The van der Waals surface area contributed by atoms with Crippen molar-refractivity contribution in [2.24, 2.45) is 0 Å². The molecular formula is C15H24ClN3O2. The van der Waals surface area contributed by atoms with Crippen LogP contribution in [0.2, 0.25) is 0 Å². The highest BCUT2D eigenvalue weighted by molar-refractivity contribution is 5.97. The van der Waals surface area contributed by atoms with Gasteiger partial charge in [0.25, 0.3) is 5.91 Å². The van der Waals surface area contributed by atoms with E-state index in [0.717, 1.165) is 0 Å². The molecule has 0 atom stereocenters. The average Bonchev–Trinajstić information content (AvgIpc) is 2.34.